The third kappa shape index (κ3) is 3.22. The number of para-hydroxylation sites is 1. The van der Waals surface area contributed by atoms with E-state index in [-0.39, 0.29) is 17.2 Å². The van der Waals surface area contributed by atoms with Gasteiger partial charge in [0.1, 0.15) is 11.4 Å². The molecule has 2 rings (SSSR count). The molecule has 8 heteroatoms. The molecule has 2 N–H and O–H groups in total. The molecule has 2 aromatic rings. The van der Waals surface area contributed by atoms with E-state index in [0.29, 0.717) is 0 Å². The average Bonchev–Trinajstić information content (AvgIpc) is 2.37. The number of benzene rings is 2. The van der Waals surface area contributed by atoms with Gasteiger partial charge in [0.25, 0.3) is 0 Å². The Labute approximate surface area is 116 Å². The van der Waals surface area contributed by atoms with E-state index in [1.807, 2.05) is 0 Å². The molecule has 110 valence electrons. The van der Waals surface area contributed by atoms with Gasteiger partial charge in [-0.25, -0.2) is 0 Å². The quantitative estimate of drug-likeness (QED) is 0.528. The molecule has 0 bridgehead atoms. The van der Waals surface area contributed by atoms with Gasteiger partial charge in [-0.1, -0.05) is 12.1 Å². The third-order valence-electron chi connectivity index (χ3n) is 2.60. The molecule has 5 nitrogen and oxygen atoms in total. The van der Waals surface area contributed by atoms with Crippen molar-refractivity contribution in [1.29, 1.82) is 0 Å². The Hall–Kier alpha value is -2.77. The summed E-state index contributed by atoms with van der Waals surface area (Å²) in [5.74, 6) is -0.391. The molecule has 0 fully saturated rings. The molecule has 0 aromatic heterocycles. The van der Waals surface area contributed by atoms with Gasteiger partial charge >= 0.3 is 11.9 Å². The van der Waals surface area contributed by atoms with Crippen LogP contribution in [0.3, 0.4) is 0 Å². The highest BCUT2D eigenvalue weighted by Gasteiger charge is 2.31. The van der Waals surface area contributed by atoms with E-state index in [4.69, 9.17) is 10.5 Å². The van der Waals surface area contributed by atoms with E-state index in [1.54, 1.807) is 0 Å². The van der Waals surface area contributed by atoms with Crippen LogP contribution in [0.5, 0.6) is 11.5 Å². The topological polar surface area (TPSA) is 78.4 Å². The van der Waals surface area contributed by atoms with E-state index in [0.717, 1.165) is 18.2 Å². The van der Waals surface area contributed by atoms with Gasteiger partial charge in [0.2, 0.25) is 5.75 Å². The fourth-order valence-electron chi connectivity index (χ4n) is 1.68. The molecule has 0 spiro atoms. The van der Waals surface area contributed by atoms with Gasteiger partial charge in [-0.15, -0.1) is 0 Å². The first-order valence-electron chi connectivity index (χ1n) is 5.67. The Morgan fingerprint density at radius 3 is 2.43 bits per heavy atom. The van der Waals surface area contributed by atoms with Crippen molar-refractivity contribution in [3.63, 3.8) is 0 Å². The highest BCUT2D eigenvalue weighted by Crippen LogP contribution is 2.37. The first-order valence-corrected chi connectivity index (χ1v) is 5.67. The summed E-state index contributed by atoms with van der Waals surface area (Å²) in [7, 11) is 0. The van der Waals surface area contributed by atoms with Crippen molar-refractivity contribution in [3.05, 3.63) is 58.1 Å². The Bertz CT molecular complexity index is 687. The van der Waals surface area contributed by atoms with Gasteiger partial charge in [0.05, 0.1) is 10.5 Å². The van der Waals surface area contributed by atoms with Gasteiger partial charge in [0.15, 0.2) is 0 Å². The average molecular weight is 298 g/mol. The van der Waals surface area contributed by atoms with Gasteiger partial charge in [-0.2, -0.15) is 13.2 Å². The summed E-state index contributed by atoms with van der Waals surface area (Å²) in [6.07, 6.45) is -4.53. The van der Waals surface area contributed by atoms with Gasteiger partial charge in [-0.3, -0.25) is 10.1 Å². The number of ether oxygens (including phenoxy) is 1. The van der Waals surface area contributed by atoms with Crippen LogP contribution in [-0.4, -0.2) is 4.92 Å². The van der Waals surface area contributed by atoms with Crippen LogP contribution in [0.15, 0.2) is 42.5 Å². The summed E-state index contributed by atoms with van der Waals surface area (Å²) in [5, 5.41) is 10.9. The number of alkyl halides is 3. The number of nitro benzene ring substituents is 1. The maximum absolute atomic E-state index is 12.6. The van der Waals surface area contributed by atoms with Crippen molar-refractivity contribution < 1.29 is 22.8 Å². The van der Waals surface area contributed by atoms with E-state index >= 15 is 0 Å². The van der Waals surface area contributed by atoms with Crippen molar-refractivity contribution in [2.45, 2.75) is 6.18 Å². The van der Waals surface area contributed by atoms with Crippen LogP contribution in [0.25, 0.3) is 0 Å². The fourth-order valence-corrected chi connectivity index (χ4v) is 1.68. The summed E-state index contributed by atoms with van der Waals surface area (Å²) in [6, 6.07) is 8.02. The Morgan fingerprint density at radius 2 is 1.81 bits per heavy atom. The zero-order valence-electron chi connectivity index (χ0n) is 10.4. The molecule has 0 saturated carbocycles. The summed E-state index contributed by atoms with van der Waals surface area (Å²) in [5.41, 5.74) is 3.94. The van der Waals surface area contributed by atoms with E-state index in [9.17, 15) is 23.3 Å². The standard InChI is InChI=1S/C13H9F3N2O3/c14-13(15,16)8-3-1-4-9(7-8)21-11-6-2-5-10(17)12(11)18(19)20/h1-7H,17H2. The smallest absolute Gasteiger partial charge is 0.416 e. The zero-order chi connectivity index (χ0) is 15.6. The predicted octanol–water partition coefficient (Wildman–Crippen LogP) is 3.99. The van der Waals surface area contributed by atoms with E-state index < -0.39 is 22.4 Å². The lowest BCUT2D eigenvalue weighted by atomic mass is 10.2. The molecule has 0 aliphatic heterocycles. The van der Waals surface area contributed by atoms with Crippen LogP contribution >= 0.6 is 0 Å². The van der Waals surface area contributed by atoms with Gasteiger partial charge < -0.3 is 10.5 Å². The lowest BCUT2D eigenvalue weighted by molar-refractivity contribution is -0.384. The number of nitrogens with zero attached hydrogens (tertiary/aromatic N) is 1. The fraction of sp³-hybridized carbons (Fsp3) is 0.0769. The highest BCUT2D eigenvalue weighted by molar-refractivity contribution is 5.66. The van der Waals surface area contributed by atoms with Crippen molar-refractivity contribution >= 4 is 11.4 Å². The SMILES string of the molecule is Nc1cccc(Oc2cccc(C(F)(F)F)c2)c1[N+](=O)[O-]. The molecule has 21 heavy (non-hydrogen) atoms. The Balaban J connectivity index is 2.40. The first kappa shape index (κ1) is 14.6. The predicted molar refractivity (Wildman–Crippen MR) is 69.0 cm³/mol. The first-order chi connectivity index (χ1) is 9.79. The van der Waals surface area contributed by atoms with E-state index in [1.165, 1.54) is 24.3 Å². The van der Waals surface area contributed by atoms with Crippen molar-refractivity contribution in [3.8, 4) is 11.5 Å². The number of rotatable bonds is 3. The number of nitrogens with two attached hydrogens (primary N) is 1. The second kappa shape index (κ2) is 5.31. The largest absolute Gasteiger partial charge is 0.450 e. The number of halogens is 3. The molecular weight excluding hydrogens is 289 g/mol. The molecule has 2 aromatic carbocycles. The van der Waals surface area contributed by atoms with Crippen LogP contribution in [-0.2, 0) is 6.18 Å². The normalized spacial score (nSPS) is 11.2. The highest BCUT2D eigenvalue weighted by atomic mass is 19.4. The second-order valence-corrected chi connectivity index (χ2v) is 4.08. The van der Waals surface area contributed by atoms with Gasteiger partial charge in [-0.05, 0) is 30.3 Å². The molecule has 0 aliphatic carbocycles. The number of hydrogen-bond acceptors (Lipinski definition) is 4. The number of nitro groups is 1. The second-order valence-electron chi connectivity index (χ2n) is 4.08. The van der Waals surface area contributed by atoms with Crippen molar-refractivity contribution in [2.24, 2.45) is 0 Å². The summed E-state index contributed by atoms with van der Waals surface area (Å²) in [4.78, 5) is 10.2. The van der Waals surface area contributed by atoms with E-state index in [2.05, 4.69) is 0 Å². The maximum atomic E-state index is 12.6. The maximum Gasteiger partial charge on any atom is 0.416 e. The lowest BCUT2D eigenvalue weighted by Gasteiger charge is -2.10. The summed E-state index contributed by atoms with van der Waals surface area (Å²) in [6.45, 7) is 0. The summed E-state index contributed by atoms with van der Waals surface area (Å²) >= 11 is 0. The van der Waals surface area contributed by atoms with Crippen LogP contribution < -0.4 is 10.5 Å². The molecule has 0 radical (unpaired) electrons. The van der Waals surface area contributed by atoms with Crippen LogP contribution in [0, 0.1) is 10.1 Å². The zero-order valence-corrected chi connectivity index (χ0v) is 10.4. The monoisotopic (exact) mass is 298 g/mol. The van der Waals surface area contributed by atoms with Crippen molar-refractivity contribution in [1.82, 2.24) is 0 Å². The molecule has 0 saturated heterocycles. The third-order valence-corrected chi connectivity index (χ3v) is 2.60. The molecule has 0 heterocycles. The minimum Gasteiger partial charge on any atom is -0.450 e. The number of anilines is 1. The van der Waals surface area contributed by atoms with Crippen LogP contribution in [0.1, 0.15) is 5.56 Å². The Morgan fingerprint density at radius 1 is 1.14 bits per heavy atom. The molecular formula is C13H9F3N2O3. The van der Waals surface area contributed by atoms with Crippen LogP contribution in [0.2, 0.25) is 0 Å². The minimum absolute atomic E-state index is 0.135. The van der Waals surface area contributed by atoms with Crippen LogP contribution in [0.4, 0.5) is 24.5 Å². The van der Waals surface area contributed by atoms with Crippen molar-refractivity contribution in [2.75, 3.05) is 5.73 Å². The van der Waals surface area contributed by atoms with Gasteiger partial charge in [0, 0.05) is 0 Å². The molecule has 0 unspecified atom stereocenters. The molecule has 0 atom stereocenters. The molecule has 0 amide bonds. The minimum atomic E-state index is -4.53. The number of hydrogen-bond donors (Lipinski definition) is 1. The lowest BCUT2D eigenvalue weighted by Crippen LogP contribution is -2.04. The molecule has 0 aliphatic rings. The number of nitrogen functional groups attached to an aromatic ring is 1. The Kier molecular flexibility index (Phi) is 3.70. The summed E-state index contributed by atoms with van der Waals surface area (Å²) < 4.78 is 42.9.